The molecule has 0 aromatic heterocycles. The van der Waals surface area contributed by atoms with Crippen molar-refractivity contribution >= 4 is 31.1 Å². The van der Waals surface area contributed by atoms with Gasteiger partial charge in [-0.3, -0.25) is 0 Å². The summed E-state index contributed by atoms with van der Waals surface area (Å²) in [5, 5.41) is 0.271. The van der Waals surface area contributed by atoms with Crippen LogP contribution in [0.15, 0.2) is 30.3 Å². The van der Waals surface area contributed by atoms with Gasteiger partial charge in [-0.05, 0) is 18.0 Å². The van der Waals surface area contributed by atoms with Crippen LogP contribution in [0.3, 0.4) is 0 Å². The Morgan fingerprint density at radius 2 is 2.07 bits per heavy atom. The first-order chi connectivity index (χ1) is 6.77. The first-order valence-corrected chi connectivity index (χ1v) is 8.19. The Labute approximate surface area is 95.7 Å². The lowest BCUT2D eigenvalue weighted by Crippen LogP contribution is -2.31. The maximum atomic E-state index is 6.24. The molecule has 14 heavy (non-hydrogen) atoms. The minimum absolute atomic E-state index is 0.271. The third-order valence-corrected chi connectivity index (χ3v) is 8.10. The molecule has 1 rings (SSSR count). The average molecular weight is 245 g/mol. The number of hydrogen-bond acceptors (Lipinski definition) is 1. The Balaban J connectivity index is 2.57. The number of benzene rings is 1. The van der Waals surface area contributed by atoms with Crippen molar-refractivity contribution in [3.8, 4) is 0 Å². The van der Waals surface area contributed by atoms with Crippen molar-refractivity contribution in [2.45, 2.75) is 24.4 Å². The standard InChI is InChI=1S/C10H17ClOSi2/c1-2-10(11)14(12-13)8-9-6-4-3-5-7-9/h3-7,10,14H,2,8H2,1,13H3. The van der Waals surface area contributed by atoms with Crippen molar-refractivity contribution in [2.75, 3.05) is 0 Å². The first-order valence-electron chi connectivity index (χ1n) is 4.98. The third-order valence-electron chi connectivity index (χ3n) is 2.38. The molecule has 0 aliphatic rings. The van der Waals surface area contributed by atoms with Crippen LogP contribution < -0.4 is 0 Å². The van der Waals surface area contributed by atoms with Crippen LogP contribution in [0.2, 0.25) is 0 Å². The van der Waals surface area contributed by atoms with Crippen LogP contribution in [0.25, 0.3) is 0 Å². The molecule has 2 atom stereocenters. The van der Waals surface area contributed by atoms with Gasteiger partial charge in [-0.1, -0.05) is 37.3 Å². The van der Waals surface area contributed by atoms with Crippen molar-refractivity contribution in [1.82, 2.24) is 0 Å². The van der Waals surface area contributed by atoms with Gasteiger partial charge >= 0.3 is 0 Å². The molecule has 2 unspecified atom stereocenters. The predicted octanol–water partition coefficient (Wildman–Crippen LogP) is 1.35. The van der Waals surface area contributed by atoms with Gasteiger partial charge in [-0.25, -0.2) is 0 Å². The lowest BCUT2D eigenvalue weighted by Gasteiger charge is -2.18. The zero-order valence-electron chi connectivity index (χ0n) is 8.74. The van der Waals surface area contributed by atoms with E-state index in [2.05, 4.69) is 31.2 Å². The fourth-order valence-electron chi connectivity index (χ4n) is 1.47. The largest absolute Gasteiger partial charge is 0.464 e. The van der Waals surface area contributed by atoms with Crippen molar-refractivity contribution in [3.63, 3.8) is 0 Å². The van der Waals surface area contributed by atoms with Crippen LogP contribution in [0, 0.1) is 0 Å². The SMILES string of the molecule is CCC(Cl)[SiH](Cc1ccccc1)O[SiH3]. The van der Waals surface area contributed by atoms with Gasteiger partial charge in [-0.15, -0.1) is 11.6 Å². The molecule has 0 radical (unpaired) electrons. The van der Waals surface area contributed by atoms with E-state index in [-0.39, 0.29) is 5.00 Å². The summed E-state index contributed by atoms with van der Waals surface area (Å²) in [5.41, 5.74) is 1.36. The quantitative estimate of drug-likeness (QED) is 0.561. The molecule has 0 bridgehead atoms. The molecule has 0 N–H and O–H groups in total. The molecule has 0 fully saturated rings. The zero-order valence-corrected chi connectivity index (χ0v) is 12.7. The maximum Gasteiger partial charge on any atom is 0.184 e. The molecule has 1 aromatic rings. The summed E-state index contributed by atoms with van der Waals surface area (Å²) < 4.78 is 5.65. The number of alkyl halides is 1. The van der Waals surface area contributed by atoms with E-state index in [0.29, 0.717) is 0 Å². The van der Waals surface area contributed by atoms with Crippen LogP contribution in [0.5, 0.6) is 0 Å². The molecule has 0 aliphatic heterocycles. The highest BCUT2D eigenvalue weighted by molar-refractivity contribution is 6.66. The smallest absolute Gasteiger partial charge is 0.184 e. The van der Waals surface area contributed by atoms with Gasteiger partial charge in [0, 0.05) is 5.00 Å². The summed E-state index contributed by atoms with van der Waals surface area (Å²) in [6, 6.07) is 11.6. The average Bonchev–Trinajstić information content (AvgIpc) is 2.26. The van der Waals surface area contributed by atoms with Gasteiger partial charge < -0.3 is 4.12 Å². The van der Waals surface area contributed by atoms with Crippen LogP contribution >= 0.6 is 11.6 Å². The monoisotopic (exact) mass is 244 g/mol. The number of rotatable bonds is 5. The van der Waals surface area contributed by atoms with E-state index in [1.807, 2.05) is 6.07 Å². The highest BCUT2D eigenvalue weighted by atomic mass is 35.5. The third kappa shape index (κ3) is 3.57. The van der Waals surface area contributed by atoms with Gasteiger partial charge in [0.05, 0.1) is 0 Å². The Bertz CT molecular complexity index is 256. The highest BCUT2D eigenvalue weighted by Crippen LogP contribution is 2.12. The maximum absolute atomic E-state index is 6.24. The van der Waals surface area contributed by atoms with E-state index in [4.69, 9.17) is 15.7 Å². The molecular formula is C10H17ClOSi2. The van der Waals surface area contributed by atoms with E-state index < -0.39 is 9.04 Å². The van der Waals surface area contributed by atoms with E-state index in [0.717, 1.165) is 23.0 Å². The van der Waals surface area contributed by atoms with Crippen molar-refractivity contribution in [1.29, 1.82) is 0 Å². The molecule has 1 nitrogen and oxygen atoms in total. The molecule has 0 saturated heterocycles. The number of halogens is 1. The van der Waals surface area contributed by atoms with Crippen LogP contribution in [0.1, 0.15) is 18.9 Å². The lowest BCUT2D eigenvalue weighted by molar-refractivity contribution is 0.614. The van der Waals surface area contributed by atoms with Gasteiger partial charge in [0.2, 0.25) is 0 Å². The summed E-state index contributed by atoms with van der Waals surface area (Å²) in [7, 11) is -0.394. The molecule has 4 heteroatoms. The minimum Gasteiger partial charge on any atom is -0.464 e. The fourth-order valence-corrected chi connectivity index (χ4v) is 6.03. The Kier molecular flexibility index (Phi) is 5.47. The fraction of sp³-hybridized carbons (Fsp3) is 0.400. The second-order valence-electron chi connectivity index (χ2n) is 3.39. The van der Waals surface area contributed by atoms with Crippen LogP contribution in [-0.2, 0) is 10.2 Å². The van der Waals surface area contributed by atoms with E-state index in [1.54, 1.807) is 0 Å². The van der Waals surface area contributed by atoms with Crippen molar-refractivity contribution in [2.24, 2.45) is 0 Å². The van der Waals surface area contributed by atoms with E-state index in [1.165, 1.54) is 5.56 Å². The van der Waals surface area contributed by atoms with Crippen molar-refractivity contribution in [3.05, 3.63) is 35.9 Å². The summed E-state index contributed by atoms with van der Waals surface area (Å²) >= 11 is 6.24. The van der Waals surface area contributed by atoms with E-state index in [9.17, 15) is 0 Å². The topological polar surface area (TPSA) is 9.23 Å². The second kappa shape index (κ2) is 6.40. The van der Waals surface area contributed by atoms with Gasteiger partial charge in [0.1, 0.15) is 10.5 Å². The Hall–Kier alpha value is -0.0962. The van der Waals surface area contributed by atoms with Crippen LogP contribution in [0.4, 0.5) is 0 Å². The summed E-state index contributed by atoms with van der Waals surface area (Å²) in [6.45, 7) is 2.13. The molecule has 0 heterocycles. The predicted molar refractivity (Wildman–Crippen MR) is 68.3 cm³/mol. The zero-order chi connectivity index (χ0) is 10.4. The molecular weight excluding hydrogens is 228 g/mol. The molecule has 0 spiro atoms. The normalized spacial score (nSPS) is 15.3. The molecule has 1 aromatic carbocycles. The second-order valence-corrected chi connectivity index (χ2v) is 8.55. The summed E-state index contributed by atoms with van der Waals surface area (Å²) in [6.07, 6.45) is 1.02. The van der Waals surface area contributed by atoms with Crippen LogP contribution in [-0.4, -0.2) is 24.5 Å². The molecule has 0 saturated carbocycles. The Morgan fingerprint density at radius 1 is 1.43 bits per heavy atom. The molecule has 0 amide bonds. The summed E-state index contributed by atoms with van der Waals surface area (Å²) in [4.78, 5) is 0. The molecule has 0 aliphatic carbocycles. The van der Waals surface area contributed by atoms with Gasteiger partial charge in [-0.2, -0.15) is 0 Å². The lowest BCUT2D eigenvalue weighted by atomic mass is 10.2. The number of hydrogen-bond donors (Lipinski definition) is 0. The van der Waals surface area contributed by atoms with Gasteiger partial charge in [0.25, 0.3) is 0 Å². The minimum atomic E-state index is -1.21. The van der Waals surface area contributed by atoms with Gasteiger partial charge in [0.15, 0.2) is 9.04 Å². The summed E-state index contributed by atoms with van der Waals surface area (Å²) in [5.74, 6) is 0. The highest BCUT2D eigenvalue weighted by Gasteiger charge is 2.19. The first kappa shape index (κ1) is 12.0. The van der Waals surface area contributed by atoms with Crippen molar-refractivity contribution < 1.29 is 4.12 Å². The van der Waals surface area contributed by atoms with E-state index >= 15 is 0 Å². The Morgan fingerprint density at radius 3 is 2.57 bits per heavy atom. The molecule has 78 valence electrons.